The van der Waals surface area contributed by atoms with Gasteiger partial charge < -0.3 is 29.9 Å². The van der Waals surface area contributed by atoms with Crippen molar-refractivity contribution < 1.29 is 29.9 Å². The van der Waals surface area contributed by atoms with Crippen molar-refractivity contribution in [3.05, 3.63) is 0 Å². The number of aliphatic hydroxyl groups is 4. The van der Waals surface area contributed by atoms with Gasteiger partial charge in [-0.3, -0.25) is 0 Å². The Hall–Kier alpha value is -0.240. The molecule has 0 amide bonds. The van der Waals surface area contributed by atoms with Crippen molar-refractivity contribution in [2.24, 2.45) is 5.92 Å². The molecule has 0 fully saturated rings. The summed E-state index contributed by atoms with van der Waals surface area (Å²) < 4.78 is 10.4. The average molecular weight is 238 g/mol. The van der Waals surface area contributed by atoms with Crippen molar-refractivity contribution in [1.29, 1.82) is 0 Å². The van der Waals surface area contributed by atoms with E-state index in [4.69, 9.17) is 29.9 Å². The van der Waals surface area contributed by atoms with E-state index < -0.39 is 12.2 Å². The lowest BCUT2D eigenvalue weighted by Crippen LogP contribution is -2.28. The number of ether oxygens (including phenoxy) is 2. The molecule has 6 nitrogen and oxygen atoms in total. The summed E-state index contributed by atoms with van der Waals surface area (Å²) in [6.45, 7) is 1.67. The predicted molar refractivity (Wildman–Crippen MR) is 57.0 cm³/mol. The molecule has 0 atom stereocenters. The fourth-order valence-corrected chi connectivity index (χ4v) is 0.975. The Labute approximate surface area is 95.4 Å². The van der Waals surface area contributed by atoms with Gasteiger partial charge >= 0.3 is 0 Å². The van der Waals surface area contributed by atoms with Crippen LogP contribution in [-0.4, -0.2) is 72.3 Å². The molecule has 0 aromatic heterocycles. The Bertz CT molecular complexity index is 130. The van der Waals surface area contributed by atoms with E-state index in [9.17, 15) is 0 Å². The lowest BCUT2D eigenvalue weighted by Gasteiger charge is -2.19. The molecule has 0 aliphatic heterocycles. The van der Waals surface area contributed by atoms with Crippen LogP contribution in [0, 0.1) is 5.92 Å². The lowest BCUT2D eigenvalue weighted by atomic mass is 10.2. The molecule has 0 rings (SSSR count). The van der Waals surface area contributed by atoms with E-state index in [1.807, 2.05) is 6.92 Å². The first kappa shape index (κ1) is 15.8. The van der Waals surface area contributed by atoms with E-state index >= 15 is 0 Å². The summed E-state index contributed by atoms with van der Waals surface area (Å²) in [5, 5.41) is 35.0. The Kier molecular flexibility index (Phi) is 9.80. The predicted octanol–water partition coefficient (Wildman–Crippen LogP) is -1.64. The molecule has 0 aromatic carbocycles. The van der Waals surface area contributed by atoms with Gasteiger partial charge in [0.05, 0.1) is 39.6 Å². The highest BCUT2D eigenvalue weighted by atomic mass is 16.5. The van der Waals surface area contributed by atoms with Gasteiger partial charge in [-0.05, 0) is 0 Å². The third-order valence-electron chi connectivity index (χ3n) is 2.05. The van der Waals surface area contributed by atoms with E-state index in [0.29, 0.717) is 13.2 Å². The zero-order valence-electron chi connectivity index (χ0n) is 9.58. The van der Waals surface area contributed by atoms with Gasteiger partial charge in [0.25, 0.3) is 0 Å². The number of hydrogen-bond acceptors (Lipinski definition) is 6. The molecule has 0 heterocycles. The highest BCUT2D eigenvalue weighted by Crippen LogP contribution is 2.02. The zero-order valence-corrected chi connectivity index (χ0v) is 9.58. The van der Waals surface area contributed by atoms with E-state index in [2.05, 4.69) is 0 Å². The Morgan fingerprint density at radius 2 is 1.06 bits per heavy atom. The first-order valence-electron chi connectivity index (χ1n) is 5.34. The van der Waals surface area contributed by atoms with Gasteiger partial charge in [0.15, 0.2) is 0 Å². The average Bonchev–Trinajstić information content (AvgIpc) is 2.31. The van der Waals surface area contributed by atoms with Crippen LogP contribution in [0.3, 0.4) is 0 Å². The lowest BCUT2D eigenvalue weighted by molar-refractivity contribution is -0.0659. The van der Waals surface area contributed by atoms with Crippen LogP contribution >= 0.6 is 0 Å². The molecule has 0 saturated carbocycles. The second kappa shape index (κ2) is 9.95. The minimum absolute atomic E-state index is 0.0567. The zero-order chi connectivity index (χ0) is 12.4. The highest BCUT2D eigenvalue weighted by Gasteiger charge is 2.12. The maximum Gasteiger partial charge on any atom is 0.104 e. The van der Waals surface area contributed by atoms with Gasteiger partial charge in [0, 0.05) is 5.92 Å². The third-order valence-corrected chi connectivity index (χ3v) is 2.05. The van der Waals surface area contributed by atoms with Crippen molar-refractivity contribution in [2.45, 2.75) is 19.1 Å². The Morgan fingerprint density at radius 1 is 0.750 bits per heavy atom. The molecule has 0 aliphatic rings. The molecule has 0 radical (unpaired) electrons. The molecule has 0 spiro atoms. The van der Waals surface area contributed by atoms with E-state index in [1.54, 1.807) is 0 Å². The van der Waals surface area contributed by atoms with Gasteiger partial charge in [-0.2, -0.15) is 0 Å². The van der Waals surface area contributed by atoms with Gasteiger partial charge in [-0.1, -0.05) is 6.92 Å². The second-order valence-corrected chi connectivity index (χ2v) is 3.75. The summed E-state index contributed by atoms with van der Waals surface area (Å²) in [7, 11) is 0. The third kappa shape index (κ3) is 7.10. The summed E-state index contributed by atoms with van der Waals surface area (Å²) >= 11 is 0. The van der Waals surface area contributed by atoms with Crippen molar-refractivity contribution in [1.82, 2.24) is 0 Å². The molecule has 0 bridgehead atoms. The van der Waals surface area contributed by atoms with Crippen molar-refractivity contribution in [3.8, 4) is 0 Å². The van der Waals surface area contributed by atoms with Crippen LogP contribution in [-0.2, 0) is 9.47 Å². The first-order chi connectivity index (χ1) is 7.67. The van der Waals surface area contributed by atoms with Crippen LogP contribution in [0.15, 0.2) is 0 Å². The molecule has 6 heteroatoms. The van der Waals surface area contributed by atoms with Gasteiger partial charge in [0.1, 0.15) is 12.2 Å². The van der Waals surface area contributed by atoms with Crippen molar-refractivity contribution in [2.75, 3.05) is 39.6 Å². The van der Waals surface area contributed by atoms with E-state index in [1.165, 1.54) is 0 Å². The topological polar surface area (TPSA) is 99.4 Å². The summed E-state index contributed by atoms with van der Waals surface area (Å²) in [6, 6.07) is 0. The Balaban J connectivity index is 3.61. The maximum atomic E-state index is 8.75. The SMILES string of the molecule is CC(COC(CO)CO)COC(CO)CO. The largest absolute Gasteiger partial charge is 0.394 e. The monoisotopic (exact) mass is 238 g/mol. The van der Waals surface area contributed by atoms with Crippen LogP contribution in [0.1, 0.15) is 6.92 Å². The standard InChI is InChI=1S/C10H22O6/c1-8(6-15-9(2-11)3-12)7-16-10(4-13)5-14/h8-14H,2-7H2,1H3. The minimum atomic E-state index is -0.561. The van der Waals surface area contributed by atoms with E-state index in [0.717, 1.165) is 0 Å². The van der Waals surface area contributed by atoms with Crippen LogP contribution in [0.5, 0.6) is 0 Å². The van der Waals surface area contributed by atoms with Crippen LogP contribution in [0.25, 0.3) is 0 Å². The quantitative estimate of drug-likeness (QED) is 0.364. The highest BCUT2D eigenvalue weighted by molar-refractivity contribution is 4.58. The Morgan fingerprint density at radius 3 is 1.31 bits per heavy atom. The fraction of sp³-hybridized carbons (Fsp3) is 1.00. The molecule has 0 aliphatic carbocycles. The summed E-state index contributed by atoms with van der Waals surface area (Å²) in [5.74, 6) is 0.0567. The molecule has 98 valence electrons. The van der Waals surface area contributed by atoms with Crippen LogP contribution in [0.2, 0.25) is 0 Å². The van der Waals surface area contributed by atoms with Gasteiger partial charge in [-0.25, -0.2) is 0 Å². The molecule has 16 heavy (non-hydrogen) atoms. The molecule has 4 N–H and O–H groups in total. The number of rotatable bonds is 10. The second-order valence-electron chi connectivity index (χ2n) is 3.75. The maximum absolute atomic E-state index is 8.75. The summed E-state index contributed by atoms with van der Waals surface area (Å²) in [6.07, 6.45) is -1.12. The fourth-order valence-electron chi connectivity index (χ4n) is 0.975. The van der Waals surface area contributed by atoms with Gasteiger partial charge in [0.2, 0.25) is 0 Å². The van der Waals surface area contributed by atoms with Gasteiger partial charge in [-0.15, -0.1) is 0 Å². The number of hydrogen-bond donors (Lipinski definition) is 4. The first-order valence-corrected chi connectivity index (χ1v) is 5.34. The molecule has 0 aromatic rings. The molecular formula is C10H22O6. The minimum Gasteiger partial charge on any atom is -0.394 e. The summed E-state index contributed by atoms with van der Waals surface area (Å²) in [5.41, 5.74) is 0. The molecule has 0 saturated heterocycles. The smallest absolute Gasteiger partial charge is 0.104 e. The van der Waals surface area contributed by atoms with E-state index in [-0.39, 0.29) is 32.3 Å². The van der Waals surface area contributed by atoms with Crippen LogP contribution in [0.4, 0.5) is 0 Å². The molecule has 0 unspecified atom stereocenters. The number of aliphatic hydroxyl groups excluding tert-OH is 4. The normalized spacial score (nSPS) is 12.0. The van der Waals surface area contributed by atoms with Crippen LogP contribution < -0.4 is 0 Å². The van der Waals surface area contributed by atoms with Crippen molar-refractivity contribution in [3.63, 3.8) is 0 Å². The summed E-state index contributed by atoms with van der Waals surface area (Å²) in [4.78, 5) is 0. The molecular weight excluding hydrogens is 216 g/mol. The van der Waals surface area contributed by atoms with Crippen molar-refractivity contribution >= 4 is 0 Å².